The van der Waals surface area contributed by atoms with E-state index >= 15 is 0 Å². The normalized spacial score (nSPS) is 9.83. The fourth-order valence-electron chi connectivity index (χ4n) is 1.19. The van der Waals surface area contributed by atoms with Crippen LogP contribution in [0, 0.1) is 10.1 Å². The number of ether oxygens (including phenoxy) is 1. The molecule has 1 rings (SSSR count). The Bertz CT molecular complexity index is 456. The third kappa shape index (κ3) is 4.20. The molecule has 0 saturated carbocycles. The molecule has 0 aromatic carbocycles. The van der Waals surface area contributed by atoms with Gasteiger partial charge in [-0.05, 0) is 4.92 Å². The van der Waals surface area contributed by atoms with Gasteiger partial charge in [0.05, 0.1) is 6.54 Å². The van der Waals surface area contributed by atoms with Crippen molar-refractivity contribution < 1.29 is 19.2 Å². The first-order valence-electron chi connectivity index (χ1n) is 5.06. The van der Waals surface area contributed by atoms with Crippen molar-refractivity contribution in [2.24, 2.45) is 0 Å². The van der Waals surface area contributed by atoms with Crippen LogP contribution in [-0.2, 0) is 20.9 Å². The average molecular weight is 256 g/mol. The smallest absolute Gasteiger partial charge is 0.435 e. The molecule has 1 heterocycles. The van der Waals surface area contributed by atoms with Gasteiger partial charge in [0.15, 0.2) is 6.54 Å². The van der Waals surface area contributed by atoms with Gasteiger partial charge in [-0.25, -0.2) is 4.57 Å². The Morgan fingerprint density at radius 2 is 2.33 bits per heavy atom. The van der Waals surface area contributed by atoms with Gasteiger partial charge >= 0.3 is 11.9 Å². The molecule has 0 aliphatic heterocycles. The molecule has 18 heavy (non-hydrogen) atoms. The minimum atomic E-state index is -0.674. The topological polar surface area (TPSA) is 116 Å². The molecule has 1 aromatic heterocycles. The second-order valence-electron chi connectivity index (χ2n) is 3.30. The number of carbonyl (C=O) groups excluding carboxylic acids is 2. The number of amides is 1. The molecule has 0 radical (unpaired) electrons. The Labute approximate surface area is 102 Å². The summed E-state index contributed by atoms with van der Waals surface area (Å²) in [5.74, 6) is -1.26. The number of hydrogen-bond donors (Lipinski definition) is 1. The van der Waals surface area contributed by atoms with Gasteiger partial charge in [0, 0.05) is 6.92 Å². The lowest BCUT2D eigenvalue weighted by Crippen LogP contribution is -2.31. The van der Waals surface area contributed by atoms with E-state index in [9.17, 15) is 19.7 Å². The molecule has 0 unspecified atom stereocenters. The molecular weight excluding hydrogens is 244 g/mol. The van der Waals surface area contributed by atoms with E-state index in [1.54, 1.807) is 0 Å². The third-order valence-electron chi connectivity index (χ3n) is 1.90. The van der Waals surface area contributed by atoms with Crippen LogP contribution < -0.4 is 5.32 Å². The molecule has 0 bridgehead atoms. The van der Waals surface area contributed by atoms with E-state index in [4.69, 9.17) is 0 Å². The lowest BCUT2D eigenvalue weighted by molar-refractivity contribution is -0.396. The molecule has 0 saturated heterocycles. The molecule has 1 N–H and O–H groups in total. The van der Waals surface area contributed by atoms with Crippen molar-refractivity contribution >= 4 is 17.8 Å². The zero-order valence-electron chi connectivity index (χ0n) is 9.66. The Hall–Kier alpha value is -2.45. The van der Waals surface area contributed by atoms with Gasteiger partial charge in [-0.15, -0.1) is 0 Å². The maximum Gasteiger partial charge on any atom is 0.435 e. The van der Waals surface area contributed by atoms with Crippen LogP contribution in [0.15, 0.2) is 12.4 Å². The molecule has 9 nitrogen and oxygen atoms in total. The molecule has 1 aromatic rings. The van der Waals surface area contributed by atoms with Crippen molar-refractivity contribution in [1.82, 2.24) is 14.9 Å². The fourth-order valence-corrected chi connectivity index (χ4v) is 1.19. The van der Waals surface area contributed by atoms with Crippen LogP contribution in [0.2, 0.25) is 0 Å². The molecule has 0 atom stereocenters. The molecule has 0 spiro atoms. The third-order valence-corrected chi connectivity index (χ3v) is 1.90. The molecule has 0 aliphatic carbocycles. The first kappa shape index (κ1) is 13.6. The highest BCUT2D eigenvalue weighted by atomic mass is 16.6. The van der Waals surface area contributed by atoms with Gasteiger partial charge in [-0.1, -0.05) is 4.98 Å². The van der Waals surface area contributed by atoms with Crippen LogP contribution in [0.4, 0.5) is 5.95 Å². The van der Waals surface area contributed by atoms with E-state index in [1.165, 1.54) is 19.3 Å². The number of aromatic nitrogens is 2. The number of nitro groups is 1. The SMILES string of the molecule is CC(=O)OCCNC(=O)Cn1ccnc1[N+](=O)[O-]. The van der Waals surface area contributed by atoms with Gasteiger partial charge in [0.25, 0.3) is 5.91 Å². The van der Waals surface area contributed by atoms with Gasteiger partial charge in [-0.2, -0.15) is 0 Å². The Morgan fingerprint density at radius 3 is 2.94 bits per heavy atom. The highest BCUT2D eigenvalue weighted by molar-refractivity contribution is 5.76. The number of carbonyl (C=O) groups is 2. The maximum atomic E-state index is 11.4. The van der Waals surface area contributed by atoms with E-state index in [-0.39, 0.29) is 19.7 Å². The van der Waals surface area contributed by atoms with Crippen molar-refractivity contribution in [3.05, 3.63) is 22.5 Å². The Balaban J connectivity index is 2.38. The highest BCUT2D eigenvalue weighted by Crippen LogP contribution is 2.06. The highest BCUT2D eigenvalue weighted by Gasteiger charge is 2.16. The van der Waals surface area contributed by atoms with Crippen LogP contribution in [0.5, 0.6) is 0 Å². The number of esters is 1. The largest absolute Gasteiger partial charge is 0.464 e. The van der Waals surface area contributed by atoms with Crippen molar-refractivity contribution in [3.63, 3.8) is 0 Å². The molecule has 0 fully saturated rings. The quantitative estimate of drug-likeness (QED) is 0.316. The second-order valence-corrected chi connectivity index (χ2v) is 3.30. The van der Waals surface area contributed by atoms with Crippen LogP contribution in [0.1, 0.15) is 6.92 Å². The maximum absolute atomic E-state index is 11.4. The number of nitrogens with one attached hydrogen (secondary N) is 1. The molecule has 98 valence electrons. The van der Waals surface area contributed by atoms with Crippen molar-refractivity contribution in [2.45, 2.75) is 13.5 Å². The minimum Gasteiger partial charge on any atom is -0.464 e. The second kappa shape index (κ2) is 6.33. The lowest BCUT2D eigenvalue weighted by atomic mass is 10.5. The Morgan fingerprint density at radius 1 is 1.61 bits per heavy atom. The van der Waals surface area contributed by atoms with Crippen LogP contribution in [0.25, 0.3) is 0 Å². The summed E-state index contributed by atoms with van der Waals surface area (Å²) in [4.78, 5) is 35.2. The van der Waals surface area contributed by atoms with Gasteiger partial charge in [0.1, 0.15) is 19.0 Å². The van der Waals surface area contributed by atoms with E-state index in [0.717, 1.165) is 4.57 Å². The van der Waals surface area contributed by atoms with Crippen LogP contribution >= 0.6 is 0 Å². The monoisotopic (exact) mass is 256 g/mol. The summed E-state index contributed by atoms with van der Waals surface area (Å²) >= 11 is 0. The first-order chi connectivity index (χ1) is 8.50. The van der Waals surface area contributed by atoms with E-state index in [1.807, 2.05) is 0 Å². The summed E-state index contributed by atoms with van der Waals surface area (Å²) in [6.07, 6.45) is 2.58. The summed E-state index contributed by atoms with van der Waals surface area (Å²) in [5.41, 5.74) is 0. The number of hydrogen-bond acceptors (Lipinski definition) is 6. The lowest BCUT2D eigenvalue weighted by Gasteiger charge is -2.05. The molecule has 1 amide bonds. The van der Waals surface area contributed by atoms with Crippen LogP contribution in [0.3, 0.4) is 0 Å². The molecule has 0 aliphatic rings. The fraction of sp³-hybridized carbons (Fsp3) is 0.444. The van der Waals surface area contributed by atoms with Gasteiger partial charge < -0.3 is 20.2 Å². The average Bonchev–Trinajstić information content (AvgIpc) is 2.72. The molecule has 9 heteroatoms. The van der Waals surface area contributed by atoms with Crippen molar-refractivity contribution in [2.75, 3.05) is 13.2 Å². The number of imidazole rings is 1. The Kier molecular flexibility index (Phi) is 4.78. The van der Waals surface area contributed by atoms with Crippen molar-refractivity contribution in [3.8, 4) is 0 Å². The van der Waals surface area contributed by atoms with E-state index in [2.05, 4.69) is 15.0 Å². The molecular formula is C9H12N4O5. The summed E-state index contributed by atoms with van der Waals surface area (Å²) < 4.78 is 5.72. The van der Waals surface area contributed by atoms with Gasteiger partial charge in [-0.3, -0.25) is 9.59 Å². The summed E-state index contributed by atoms with van der Waals surface area (Å²) in [5, 5.41) is 13.0. The van der Waals surface area contributed by atoms with Crippen molar-refractivity contribution in [1.29, 1.82) is 0 Å². The van der Waals surface area contributed by atoms with E-state index < -0.39 is 22.7 Å². The zero-order valence-corrected chi connectivity index (χ0v) is 9.66. The minimum absolute atomic E-state index is 0.0626. The predicted molar refractivity (Wildman–Crippen MR) is 58.5 cm³/mol. The van der Waals surface area contributed by atoms with Gasteiger partial charge in [0.2, 0.25) is 0 Å². The summed E-state index contributed by atoms with van der Waals surface area (Å²) in [7, 11) is 0. The summed E-state index contributed by atoms with van der Waals surface area (Å²) in [6.45, 7) is 1.26. The summed E-state index contributed by atoms with van der Waals surface area (Å²) in [6, 6.07) is 0. The predicted octanol–water partition coefficient (Wildman–Crippen LogP) is -0.529. The van der Waals surface area contributed by atoms with E-state index in [0.29, 0.717) is 0 Å². The van der Waals surface area contributed by atoms with Crippen LogP contribution in [-0.4, -0.2) is 39.5 Å². The number of nitrogens with zero attached hydrogens (tertiary/aromatic N) is 3. The first-order valence-corrected chi connectivity index (χ1v) is 5.06. The standard InChI is InChI=1S/C9H12N4O5/c1-7(14)18-5-3-10-8(15)6-12-4-2-11-9(12)13(16)17/h2,4H,3,5-6H2,1H3,(H,10,15). The number of rotatable bonds is 6. The zero-order chi connectivity index (χ0) is 13.5.